The number of hydrogen-bond acceptors (Lipinski definition) is 5. The molecule has 0 fully saturated rings. The van der Waals surface area contributed by atoms with Gasteiger partial charge in [-0.15, -0.1) is 0 Å². The second kappa shape index (κ2) is 7.32. The van der Waals surface area contributed by atoms with Crippen molar-refractivity contribution in [2.24, 2.45) is 0 Å². The van der Waals surface area contributed by atoms with E-state index in [0.717, 1.165) is 11.3 Å². The van der Waals surface area contributed by atoms with Crippen LogP contribution in [0.15, 0.2) is 54.7 Å². The minimum absolute atomic E-state index is 0.0640. The molecule has 25 heavy (non-hydrogen) atoms. The predicted molar refractivity (Wildman–Crippen MR) is 95.5 cm³/mol. The summed E-state index contributed by atoms with van der Waals surface area (Å²) in [6, 6.07) is 14.1. The summed E-state index contributed by atoms with van der Waals surface area (Å²) < 4.78 is 10.2. The third kappa shape index (κ3) is 3.61. The molecule has 0 saturated carbocycles. The topological polar surface area (TPSA) is 61.3 Å². The summed E-state index contributed by atoms with van der Waals surface area (Å²) in [4.78, 5) is 21.1. The Hall–Kier alpha value is -2.92. The van der Waals surface area contributed by atoms with Gasteiger partial charge in [0.05, 0.1) is 26.1 Å². The molecule has 5 nitrogen and oxygen atoms in total. The van der Waals surface area contributed by atoms with Crippen LogP contribution < -0.4 is 9.47 Å². The van der Waals surface area contributed by atoms with Crippen LogP contribution in [-0.4, -0.2) is 30.0 Å². The summed E-state index contributed by atoms with van der Waals surface area (Å²) in [5.41, 5.74) is 2.00. The minimum Gasteiger partial charge on any atom is -0.497 e. The first kappa shape index (κ1) is 16.9. The maximum absolute atomic E-state index is 12.6. The molecule has 0 aliphatic heterocycles. The zero-order valence-electron chi connectivity index (χ0n) is 13.7. The lowest BCUT2D eigenvalue weighted by atomic mass is 10.1. The molecule has 0 unspecified atom stereocenters. The van der Waals surface area contributed by atoms with Crippen molar-refractivity contribution in [3.05, 3.63) is 71.1 Å². The van der Waals surface area contributed by atoms with Crippen molar-refractivity contribution in [1.82, 2.24) is 9.97 Å². The zero-order valence-corrected chi connectivity index (χ0v) is 14.4. The van der Waals surface area contributed by atoms with E-state index in [2.05, 4.69) is 9.97 Å². The minimum atomic E-state index is -0.290. The number of aromatic nitrogens is 2. The molecule has 1 heterocycles. The van der Waals surface area contributed by atoms with Crippen LogP contribution in [0.25, 0.3) is 11.3 Å². The molecule has 0 amide bonds. The van der Waals surface area contributed by atoms with Crippen LogP contribution >= 0.6 is 11.6 Å². The Kier molecular flexibility index (Phi) is 4.95. The predicted octanol–water partition coefficient (Wildman–Crippen LogP) is 4.05. The normalized spacial score (nSPS) is 10.4. The maximum Gasteiger partial charge on any atom is 0.214 e. The summed E-state index contributed by atoms with van der Waals surface area (Å²) in [6.07, 6.45) is 1.53. The van der Waals surface area contributed by atoms with Gasteiger partial charge >= 0.3 is 0 Å². The van der Waals surface area contributed by atoms with Crippen LogP contribution in [0.5, 0.6) is 11.5 Å². The number of nitrogens with zero attached hydrogens (tertiary/aromatic N) is 2. The van der Waals surface area contributed by atoms with Crippen LogP contribution in [0.3, 0.4) is 0 Å². The average Bonchev–Trinajstić information content (AvgIpc) is 2.67. The molecule has 3 rings (SSSR count). The molecule has 6 heteroatoms. The lowest BCUT2D eigenvalue weighted by molar-refractivity contribution is 0.103. The van der Waals surface area contributed by atoms with Crippen LogP contribution in [0, 0.1) is 0 Å². The molecule has 2 aromatic carbocycles. The van der Waals surface area contributed by atoms with E-state index in [0.29, 0.717) is 17.0 Å². The summed E-state index contributed by atoms with van der Waals surface area (Å²) >= 11 is 6.20. The van der Waals surface area contributed by atoms with E-state index < -0.39 is 0 Å². The number of benzene rings is 2. The first-order valence-electron chi connectivity index (χ1n) is 7.48. The largest absolute Gasteiger partial charge is 0.497 e. The molecular formula is C19H15ClN2O3. The number of ketones is 1. The fourth-order valence-electron chi connectivity index (χ4n) is 2.30. The van der Waals surface area contributed by atoms with Gasteiger partial charge in [0.2, 0.25) is 5.78 Å². The highest BCUT2D eigenvalue weighted by Crippen LogP contribution is 2.24. The van der Waals surface area contributed by atoms with E-state index in [1.54, 1.807) is 38.5 Å². The molecule has 0 saturated heterocycles. The fourth-order valence-corrected chi connectivity index (χ4v) is 2.52. The fraction of sp³-hybridized carbons (Fsp3) is 0.105. The molecule has 0 radical (unpaired) electrons. The SMILES string of the molecule is COc1ccc(C(=O)c2ncc(-c3ccc(OC)cc3)nc2Cl)cc1. The van der Waals surface area contributed by atoms with Gasteiger partial charge in [-0.25, -0.2) is 9.97 Å². The monoisotopic (exact) mass is 354 g/mol. The third-order valence-corrected chi connectivity index (χ3v) is 3.95. The van der Waals surface area contributed by atoms with Crippen LogP contribution in [0.2, 0.25) is 5.15 Å². The lowest BCUT2D eigenvalue weighted by Crippen LogP contribution is -2.06. The summed E-state index contributed by atoms with van der Waals surface area (Å²) in [7, 11) is 3.17. The summed E-state index contributed by atoms with van der Waals surface area (Å²) in [5.74, 6) is 1.12. The maximum atomic E-state index is 12.6. The van der Waals surface area contributed by atoms with E-state index in [1.807, 2.05) is 24.3 Å². The second-order valence-electron chi connectivity index (χ2n) is 5.18. The van der Waals surface area contributed by atoms with Crippen LogP contribution in [0.1, 0.15) is 16.1 Å². The van der Waals surface area contributed by atoms with Crippen molar-refractivity contribution < 1.29 is 14.3 Å². The van der Waals surface area contributed by atoms with Gasteiger partial charge in [-0.2, -0.15) is 0 Å². The van der Waals surface area contributed by atoms with Crippen LogP contribution in [-0.2, 0) is 0 Å². The number of hydrogen-bond donors (Lipinski definition) is 0. The van der Waals surface area contributed by atoms with Gasteiger partial charge in [-0.1, -0.05) is 11.6 Å². The van der Waals surface area contributed by atoms with Gasteiger partial charge in [0, 0.05) is 11.1 Å². The van der Waals surface area contributed by atoms with E-state index in [9.17, 15) is 4.79 Å². The third-order valence-electron chi connectivity index (χ3n) is 3.68. The molecule has 0 aliphatic carbocycles. The van der Waals surface area contributed by atoms with Gasteiger partial charge in [0.1, 0.15) is 17.2 Å². The van der Waals surface area contributed by atoms with E-state index >= 15 is 0 Å². The van der Waals surface area contributed by atoms with Gasteiger partial charge in [-0.3, -0.25) is 4.79 Å². The van der Waals surface area contributed by atoms with E-state index in [-0.39, 0.29) is 16.6 Å². The number of methoxy groups -OCH3 is 2. The number of halogens is 1. The lowest BCUT2D eigenvalue weighted by Gasteiger charge is -2.07. The van der Waals surface area contributed by atoms with Gasteiger partial charge < -0.3 is 9.47 Å². The summed E-state index contributed by atoms with van der Waals surface area (Å²) in [5, 5.41) is 0.0640. The first-order valence-corrected chi connectivity index (χ1v) is 7.86. The van der Waals surface area contributed by atoms with E-state index in [4.69, 9.17) is 21.1 Å². The highest BCUT2D eigenvalue weighted by atomic mass is 35.5. The Morgan fingerprint density at radius 3 is 2.00 bits per heavy atom. The van der Waals surface area contributed by atoms with Crippen LogP contribution in [0.4, 0.5) is 0 Å². The molecule has 0 N–H and O–H groups in total. The Bertz CT molecular complexity index is 894. The zero-order chi connectivity index (χ0) is 17.8. The molecule has 1 aromatic heterocycles. The Labute approximate surface area is 150 Å². The quantitative estimate of drug-likeness (QED) is 0.647. The number of rotatable bonds is 5. The number of ether oxygens (including phenoxy) is 2. The molecule has 0 bridgehead atoms. The Morgan fingerprint density at radius 2 is 1.48 bits per heavy atom. The highest BCUT2D eigenvalue weighted by molar-refractivity contribution is 6.33. The van der Waals surface area contributed by atoms with Crippen molar-refractivity contribution in [3.63, 3.8) is 0 Å². The molecule has 0 aliphatic rings. The van der Waals surface area contributed by atoms with Gasteiger partial charge in [0.25, 0.3) is 0 Å². The van der Waals surface area contributed by atoms with E-state index in [1.165, 1.54) is 6.20 Å². The molecule has 0 atom stereocenters. The van der Waals surface area contributed by atoms with Crippen molar-refractivity contribution in [2.45, 2.75) is 0 Å². The molecule has 126 valence electrons. The molecule has 3 aromatic rings. The Morgan fingerprint density at radius 1 is 0.920 bits per heavy atom. The smallest absolute Gasteiger partial charge is 0.214 e. The number of carbonyl (C=O) groups excluding carboxylic acids is 1. The van der Waals surface area contributed by atoms with Crippen molar-refractivity contribution in [2.75, 3.05) is 14.2 Å². The second-order valence-corrected chi connectivity index (χ2v) is 5.54. The highest BCUT2D eigenvalue weighted by Gasteiger charge is 2.17. The average molecular weight is 355 g/mol. The number of carbonyl (C=O) groups is 1. The molecule has 0 spiro atoms. The molecular weight excluding hydrogens is 340 g/mol. The first-order chi connectivity index (χ1) is 12.1. The Balaban J connectivity index is 1.88. The van der Waals surface area contributed by atoms with Gasteiger partial charge in [-0.05, 0) is 48.5 Å². The summed E-state index contributed by atoms with van der Waals surface area (Å²) in [6.45, 7) is 0. The van der Waals surface area contributed by atoms with Crippen molar-refractivity contribution >= 4 is 17.4 Å². The standard InChI is InChI=1S/C19H15ClN2O3/c1-24-14-7-3-12(4-8-14)16-11-21-17(19(20)22-16)18(23)13-5-9-15(25-2)10-6-13/h3-11H,1-2H3. The van der Waals surface area contributed by atoms with Gasteiger partial charge in [0.15, 0.2) is 5.15 Å². The van der Waals surface area contributed by atoms with Crippen molar-refractivity contribution in [3.8, 4) is 22.8 Å². The van der Waals surface area contributed by atoms with Crippen molar-refractivity contribution in [1.29, 1.82) is 0 Å².